The summed E-state index contributed by atoms with van der Waals surface area (Å²) in [6.07, 6.45) is 0. The van der Waals surface area contributed by atoms with E-state index in [1.54, 1.807) is 11.3 Å². The molecule has 13 aromatic rings. The topological polar surface area (TPSA) is 56.7 Å². The third-order valence-electron chi connectivity index (χ3n) is 12.0. The molecule has 61 heavy (non-hydrogen) atoms. The van der Waals surface area contributed by atoms with Crippen LogP contribution in [0, 0.1) is 0 Å². The van der Waals surface area contributed by atoms with Crippen LogP contribution in [0.15, 0.2) is 199 Å². The van der Waals surface area contributed by atoms with E-state index in [9.17, 15) is 0 Å². The van der Waals surface area contributed by atoms with Crippen LogP contribution in [0.2, 0.25) is 0 Å². The fourth-order valence-corrected chi connectivity index (χ4v) is 10.3. The van der Waals surface area contributed by atoms with Crippen LogP contribution in [-0.2, 0) is 0 Å². The predicted octanol–water partition coefficient (Wildman–Crippen LogP) is 15.1. The van der Waals surface area contributed by atoms with Crippen LogP contribution >= 0.6 is 11.3 Å². The molecule has 0 unspecified atom stereocenters. The van der Waals surface area contributed by atoms with Crippen molar-refractivity contribution in [1.82, 2.24) is 19.5 Å². The van der Waals surface area contributed by atoms with Crippen molar-refractivity contribution in [1.29, 1.82) is 0 Å². The highest BCUT2D eigenvalue weighted by molar-refractivity contribution is 7.25. The van der Waals surface area contributed by atoms with E-state index < -0.39 is 0 Å². The number of thiophene rings is 1. The van der Waals surface area contributed by atoms with Gasteiger partial charge in [-0.2, -0.15) is 0 Å². The standard InChI is InChI=1S/C55H32N4OS/c1-2-13-33(14-3-1)34-25-27-35(28-26-34)53-56-54(58-55(57-53)42-20-12-24-50-51(42)41-19-8-11-23-49(41)61-50)38-30-44-40-18-7-10-22-48(40)60-52(44)47(32-38)59-45-21-9-6-17-39(45)43-29-36-15-4-5-16-37(36)31-46(43)59/h1-32H. The molecule has 0 amide bonds. The molecule has 0 saturated carbocycles. The molecule has 9 aromatic carbocycles. The van der Waals surface area contributed by atoms with Crippen LogP contribution in [0.1, 0.15) is 0 Å². The molecule has 4 aromatic heterocycles. The smallest absolute Gasteiger partial charge is 0.164 e. The Hall–Kier alpha value is -7.93. The molecule has 5 nitrogen and oxygen atoms in total. The van der Waals surface area contributed by atoms with Gasteiger partial charge in [-0.3, -0.25) is 0 Å². The molecule has 6 heteroatoms. The monoisotopic (exact) mass is 796 g/mol. The van der Waals surface area contributed by atoms with E-state index >= 15 is 0 Å². The number of furan rings is 1. The SMILES string of the molecule is c1ccc(-c2ccc(-c3nc(-c4cc(-n5c6ccccc6c6cc7ccccc7cc65)c5oc6ccccc6c5c4)nc(-c4cccc5sc6ccccc6c45)n3)cc2)cc1. The molecule has 13 rings (SSSR count). The predicted molar refractivity (Wildman–Crippen MR) is 254 cm³/mol. The summed E-state index contributed by atoms with van der Waals surface area (Å²) in [6, 6.07) is 68.5. The van der Waals surface area contributed by atoms with E-state index in [4.69, 9.17) is 19.4 Å². The van der Waals surface area contributed by atoms with Crippen molar-refractivity contribution >= 4 is 86.0 Å². The number of benzene rings is 9. The Kier molecular flexibility index (Phi) is 7.41. The highest BCUT2D eigenvalue weighted by atomic mass is 32.1. The van der Waals surface area contributed by atoms with Gasteiger partial charge in [-0.05, 0) is 70.4 Å². The summed E-state index contributed by atoms with van der Waals surface area (Å²) in [6.45, 7) is 0. The Morgan fingerprint density at radius 3 is 1.89 bits per heavy atom. The third-order valence-corrected chi connectivity index (χ3v) is 13.2. The van der Waals surface area contributed by atoms with Crippen LogP contribution in [-0.4, -0.2) is 19.5 Å². The number of hydrogen-bond donors (Lipinski definition) is 0. The van der Waals surface area contributed by atoms with Gasteiger partial charge in [0.25, 0.3) is 0 Å². The fraction of sp³-hybridized carbons (Fsp3) is 0. The van der Waals surface area contributed by atoms with Crippen molar-refractivity contribution in [3.05, 3.63) is 194 Å². The molecule has 4 heterocycles. The first-order valence-corrected chi connectivity index (χ1v) is 21.2. The molecule has 0 N–H and O–H groups in total. The summed E-state index contributed by atoms with van der Waals surface area (Å²) in [5.41, 5.74) is 9.81. The summed E-state index contributed by atoms with van der Waals surface area (Å²) in [4.78, 5) is 16.0. The molecule has 0 aliphatic heterocycles. The van der Waals surface area contributed by atoms with Crippen molar-refractivity contribution in [3.8, 4) is 51.0 Å². The summed E-state index contributed by atoms with van der Waals surface area (Å²) in [5.74, 6) is 1.82. The molecule has 0 aliphatic rings. The maximum absolute atomic E-state index is 6.82. The molecule has 0 atom stereocenters. The molecule has 0 spiro atoms. The average molecular weight is 797 g/mol. The zero-order valence-corrected chi connectivity index (χ0v) is 33.4. The summed E-state index contributed by atoms with van der Waals surface area (Å²) >= 11 is 1.79. The maximum Gasteiger partial charge on any atom is 0.164 e. The van der Waals surface area contributed by atoms with E-state index in [-0.39, 0.29) is 0 Å². The van der Waals surface area contributed by atoms with Crippen LogP contribution in [0.25, 0.3) is 126 Å². The Labute approximate surface area is 353 Å². The van der Waals surface area contributed by atoms with Gasteiger partial charge >= 0.3 is 0 Å². The first-order chi connectivity index (χ1) is 30.2. The van der Waals surface area contributed by atoms with Crippen LogP contribution in [0.5, 0.6) is 0 Å². The zero-order chi connectivity index (χ0) is 40.0. The van der Waals surface area contributed by atoms with Gasteiger partial charge in [0.1, 0.15) is 5.58 Å². The van der Waals surface area contributed by atoms with Crippen LogP contribution < -0.4 is 0 Å². The van der Waals surface area contributed by atoms with Gasteiger partial charge in [-0.15, -0.1) is 11.3 Å². The van der Waals surface area contributed by atoms with Crippen LogP contribution in [0.3, 0.4) is 0 Å². The average Bonchev–Trinajstić information content (AvgIpc) is 4.00. The van der Waals surface area contributed by atoms with Gasteiger partial charge < -0.3 is 8.98 Å². The van der Waals surface area contributed by atoms with E-state index in [1.807, 2.05) is 18.2 Å². The second-order valence-corrected chi connectivity index (χ2v) is 16.6. The Balaban J connectivity index is 1.10. The quantitative estimate of drug-likeness (QED) is 0.174. The molecule has 0 saturated heterocycles. The second-order valence-electron chi connectivity index (χ2n) is 15.6. The minimum Gasteiger partial charge on any atom is -0.454 e. The lowest BCUT2D eigenvalue weighted by Crippen LogP contribution is -2.02. The molecule has 0 radical (unpaired) electrons. The summed E-state index contributed by atoms with van der Waals surface area (Å²) < 4.78 is 11.6. The molecule has 0 fully saturated rings. The lowest BCUT2D eigenvalue weighted by molar-refractivity contribution is 0.666. The Bertz CT molecular complexity index is 3880. The minimum absolute atomic E-state index is 0.586. The van der Waals surface area contributed by atoms with Gasteiger partial charge in [0.05, 0.1) is 16.7 Å². The van der Waals surface area contributed by atoms with E-state index in [0.29, 0.717) is 17.5 Å². The first kappa shape index (κ1) is 34.0. The Morgan fingerprint density at radius 1 is 0.393 bits per heavy atom. The van der Waals surface area contributed by atoms with Crippen LogP contribution in [0.4, 0.5) is 0 Å². The maximum atomic E-state index is 6.82. The molecular formula is C55H32N4OS. The van der Waals surface area contributed by atoms with Crippen molar-refractivity contribution in [3.63, 3.8) is 0 Å². The van der Waals surface area contributed by atoms with E-state index in [0.717, 1.165) is 71.9 Å². The van der Waals surface area contributed by atoms with E-state index in [2.05, 4.69) is 180 Å². The minimum atomic E-state index is 0.586. The fourth-order valence-electron chi connectivity index (χ4n) is 9.18. The van der Waals surface area contributed by atoms with Gasteiger partial charge in [0.15, 0.2) is 23.1 Å². The van der Waals surface area contributed by atoms with Crippen molar-refractivity contribution < 1.29 is 4.42 Å². The van der Waals surface area contributed by atoms with E-state index in [1.165, 1.54) is 36.3 Å². The van der Waals surface area contributed by atoms with Crippen molar-refractivity contribution in [2.24, 2.45) is 0 Å². The summed E-state index contributed by atoms with van der Waals surface area (Å²) in [5, 5.41) is 9.12. The van der Waals surface area contributed by atoms with Crippen molar-refractivity contribution in [2.45, 2.75) is 0 Å². The lowest BCUT2D eigenvalue weighted by Gasteiger charge is -2.13. The van der Waals surface area contributed by atoms with Gasteiger partial charge in [0, 0.05) is 58.4 Å². The normalized spacial score (nSPS) is 11.9. The number of fused-ring (bicyclic) bond motifs is 10. The second kappa shape index (κ2) is 13.3. The lowest BCUT2D eigenvalue weighted by atomic mass is 10.0. The number of aromatic nitrogens is 4. The highest BCUT2D eigenvalue weighted by Gasteiger charge is 2.23. The van der Waals surface area contributed by atoms with Gasteiger partial charge in [-0.1, -0.05) is 146 Å². The first-order valence-electron chi connectivity index (χ1n) is 20.4. The number of para-hydroxylation sites is 2. The number of hydrogen-bond acceptors (Lipinski definition) is 5. The Morgan fingerprint density at radius 2 is 1.03 bits per heavy atom. The third kappa shape index (κ3) is 5.36. The highest BCUT2D eigenvalue weighted by Crippen LogP contribution is 2.43. The summed E-state index contributed by atoms with van der Waals surface area (Å²) in [7, 11) is 0. The molecule has 0 bridgehead atoms. The number of nitrogens with zero attached hydrogens (tertiary/aromatic N) is 4. The van der Waals surface area contributed by atoms with Gasteiger partial charge in [-0.25, -0.2) is 15.0 Å². The molecule has 284 valence electrons. The molecule has 0 aliphatic carbocycles. The zero-order valence-electron chi connectivity index (χ0n) is 32.6. The van der Waals surface area contributed by atoms with Gasteiger partial charge in [0.2, 0.25) is 0 Å². The molecular weight excluding hydrogens is 765 g/mol. The van der Waals surface area contributed by atoms with Crippen molar-refractivity contribution in [2.75, 3.05) is 0 Å². The largest absolute Gasteiger partial charge is 0.454 e. The number of rotatable bonds is 5.